The van der Waals surface area contributed by atoms with E-state index in [4.69, 9.17) is 215 Å². The van der Waals surface area contributed by atoms with Crippen LogP contribution in [0, 0.1) is 5.41 Å². The van der Waals surface area contributed by atoms with Crippen LogP contribution in [-0.2, 0) is 46.4 Å². The number of carboxylic acids is 1. The van der Waals surface area contributed by atoms with E-state index in [9.17, 15) is 4.79 Å². The highest BCUT2D eigenvalue weighted by atomic mass is 35.5. The summed E-state index contributed by atoms with van der Waals surface area (Å²) in [5.74, 6) is 0.609. The molecule has 0 aromatic heterocycles. The summed E-state index contributed by atoms with van der Waals surface area (Å²) in [6.07, 6.45) is 6.34. The molecule has 2 fully saturated rings. The lowest BCUT2D eigenvalue weighted by molar-refractivity contribution is -0.137. The van der Waals surface area contributed by atoms with E-state index in [0.29, 0.717) is 125 Å². The Morgan fingerprint density at radius 3 is 0.885 bits per heavy atom. The molecule has 0 amide bonds. The van der Waals surface area contributed by atoms with E-state index >= 15 is 0 Å². The number of halogens is 2. The van der Waals surface area contributed by atoms with Crippen molar-refractivity contribution in [1.29, 1.82) is 0 Å². The Morgan fingerprint density at radius 1 is 0.389 bits per heavy atom. The number of nitrogens with zero attached hydrogens (tertiary/aromatic N) is 5. The maximum Gasteiger partial charge on any atom is 0.303 e. The number of β-amino-alcohol motifs (C(OH)–C–C–N with tert-alkyl or cyclic N) is 4. The molecule has 3 rings (SSSR count). The van der Waals surface area contributed by atoms with Gasteiger partial charge in [-0.25, -0.2) is 0 Å². The first-order valence-electron chi connectivity index (χ1n) is 43.6. The number of hydrogen-bond donors (Lipinski definition) is 33. The summed E-state index contributed by atoms with van der Waals surface area (Å²) in [4.78, 5) is 19.8. The highest BCUT2D eigenvalue weighted by molar-refractivity contribution is 8.77. The predicted molar refractivity (Wildman–Crippen MR) is 501 cm³/mol. The maximum atomic E-state index is 10.2. The molecule has 0 spiro atoms. The third kappa shape index (κ3) is 126. The number of carboxylic acid groups (broad SMARTS) is 1. The summed E-state index contributed by atoms with van der Waals surface area (Å²) in [7, 11) is 3.92. The van der Waals surface area contributed by atoms with Gasteiger partial charge >= 0.3 is 5.97 Å². The second-order valence-corrected chi connectivity index (χ2v) is 31.3. The molecule has 4 unspecified atom stereocenters. The molecular weight excluding hydrogens is 1830 g/mol. The Hall–Kier alpha value is -1.75. The summed E-state index contributed by atoms with van der Waals surface area (Å²) >= 11 is 9.53. The monoisotopic (exact) mass is 2010 g/mol. The van der Waals surface area contributed by atoms with E-state index < -0.39 is 87.6 Å². The van der Waals surface area contributed by atoms with E-state index in [1.807, 2.05) is 26.5 Å². The van der Waals surface area contributed by atoms with Crippen LogP contribution in [0.2, 0.25) is 0 Å². The lowest BCUT2D eigenvalue weighted by Crippen LogP contribution is -2.58. The Balaban J connectivity index is -0.000000133. The molecule has 45 nitrogen and oxygen atoms in total. The fraction of sp³-hybridized carbons (Fsp3) is 0.915. The Kier molecular flexibility index (Phi) is 151. The SMILES string of the molecule is CC(O)CN(CC(C)O)CC(C)O.ClCCl.O=C(O)CCCCC1CCSS1.OCC(CO)(CO)CO.OCC(O)CO.OCCCCCCO.OCCN(CCO)C(CO)(CO)CO.OCCN(CCO)CCO.OCCN1CCN(CCO)CC1.OCCO.OCCOCCO.OCCOCCOCCO.OCCOCCOCCOCCO.OCc1ccc(CO)cc1. The summed E-state index contributed by atoms with van der Waals surface area (Å²) in [5, 5.41) is 281. The number of unbranched alkanes of at least 4 members (excludes halogenated alkanes) is 4. The topological polar surface area (TPSA) is 756 Å². The van der Waals surface area contributed by atoms with E-state index in [1.165, 1.54) is 23.5 Å². The molecule has 0 aliphatic carbocycles. The van der Waals surface area contributed by atoms with Gasteiger partial charge < -0.3 is 197 Å². The van der Waals surface area contributed by atoms with Crippen LogP contribution in [0.1, 0.15) is 89.7 Å². The van der Waals surface area contributed by atoms with Crippen LogP contribution in [0.15, 0.2) is 24.3 Å². The average Bonchev–Trinajstić information content (AvgIpc) is 1.20. The molecule has 131 heavy (non-hydrogen) atoms. The molecule has 1 aromatic rings. The van der Waals surface area contributed by atoms with Gasteiger partial charge in [0.25, 0.3) is 0 Å². The van der Waals surface area contributed by atoms with Gasteiger partial charge in [-0.1, -0.05) is 65.1 Å². The second kappa shape index (κ2) is 130. The quantitative estimate of drug-likeness (QED) is 0.0164. The first-order chi connectivity index (χ1) is 63.0. The molecule has 33 N–H and O–H groups in total. The highest BCUT2D eigenvalue weighted by Crippen LogP contribution is 2.40. The van der Waals surface area contributed by atoms with Crippen LogP contribution < -0.4 is 0 Å². The van der Waals surface area contributed by atoms with E-state index in [-0.39, 0.29) is 157 Å². The average molecular weight is 2010 g/mol. The fourth-order valence-corrected chi connectivity index (χ4v) is 12.2. The molecule has 49 heteroatoms. The molecule has 2 aliphatic rings. The van der Waals surface area contributed by atoms with Gasteiger partial charge in [0.2, 0.25) is 0 Å². The van der Waals surface area contributed by atoms with Crippen LogP contribution in [-0.4, -0.2) is 588 Å². The van der Waals surface area contributed by atoms with E-state index in [2.05, 4.69) is 14.5 Å². The molecule has 800 valence electrons. The zero-order chi connectivity index (χ0) is 102. The standard InChI is InChI=1S/C9H21NO3.C8H18N2O2.C8H19NO5.C8H18O5.C8H14O2S2.C8H10O2.C6H15NO3.C6H14O4.C6H14O2.C5H12O4.C4H10O3.C3H8O3.C2H6O2.CH2Cl2/c1-7(11)4-10(5-8(2)12)6-9(3)13;11-7-5-9-1-2-10(4-3-9)6-8-12;10-3-1-9(2-4-11)8(5-12,6-13)7-14;9-1-3-11-5-7-13-8-6-12-4-2-10;9-8(10)4-2-1-3-7-5-6-11-12-7;9-5-7-1-2-8(6-10)4-3-7;8-4-1-7(2-5-9)3-6-10;7-1-3-9-5-6-10-4-2-8;7-5-3-1-2-4-6-8;6-1-5(2-7,3-8)4-9;5-1-3-7-4-2-6;4-1-3(6)2-5;3-1-2-4;2-1-3/h7-9,11-13H,4-6H2,1-3H3;11-12H,1-8H2;10-14H,1-7H2;9-10H,1-8H2;7H,1-6H2,(H,9,10);1-4,9-10H,5-6H2;8-10H,1-6H2;7-8H,1-6H2;7-8H,1-6H2;6-9H,1-4H2;5-6H,1-4H2;3-6H,1-2H2;3-4H,1-2H2;1H2. The van der Waals surface area contributed by atoms with Crippen molar-refractivity contribution in [2.75, 3.05) is 354 Å². The lowest BCUT2D eigenvalue weighted by Gasteiger charge is -2.39. The third-order valence-electron chi connectivity index (χ3n) is 16.1. The first-order valence-corrected chi connectivity index (χ1v) is 47.1. The van der Waals surface area contributed by atoms with Crippen molar-refractivity contribution in [3.05, 3.63) is 35.4 Å². The molecule has 4 atom stereocenters. The van der Waals surface area contributed by atoms with Crippen molar-refractivity contribution in [3.8, 4) is 0 Å². The molecular formula is C82H181Cl2N5O40S2. The summed E-state index contributed by atoms with van der Waals surface area (Å²) in [5.41, 5.74) is -0.541. The number of alkyl halides is 2. The number of benzene rings is 1. The van der Waals surface area contributed by atoms with Gasteiger partial charge in [0.15, 0.2) is 0 Å². The highest BCUT2D eigenvalue weighted by Gasteiger charge is 2.35. The number of aliphatic hydroxyl groups is 32. The zero-order valence-electron chi connectivity index (χ0n) is 78.1. The third-order valence-corrected chi connectivity index (χ3v) is 19.2. The van der Waals surface area contributed by atoms with Crippen molar-refractivity contribution in [1.82, 2.24) is 24.5 Å². The van der Waals surface area contributed by atoms with Crippen molar-refractivity contribution in [2.45, 2.75) is 127 Å². The number of aliphatic hydroxyl groups excluding tert-OH is 32. The van der Waals surface area contributed by atoms with Crippen LogP contribution in [0.4, 0.5) is 0 Å². The van der Waals surface area contributed by atoms with Crippen molar-refractivity contribution < 1.29 is 202 Å². The molecule has 1 aromatic carbocycles. The minimum atomic E-state index is -1.18. The van der Waals surface area contributed by atoms with Gasteiger partial charge in [-0.3, -0.25) is 29.3 Å². The Morgan fingerprint density at radius 2 is 0.687 bits per heavy atom. The van der Waals surface area contributed by atoms with Crippen LogP contribution in [0.25, 0.3) is 0 Å². The number of aliphatic carboxylic acids is 1. The van der Waals surface area contributed by atoms with Crippen molar-refractivity contribution >= 4 is 50.8 Å². The zero-order valence-corrected chi connectivity index (χ0v) is 81.2. The Bertz CT molecular complexity index is 2000. The van der Waals surface area contributed by atoms with Gasteiger partial charge in [0.05, 0.1) is 286 Å². The summed E-state index contributed by atoms with van der Waals surface area (Å²) in [6.45, 7) is 16.4. The molecule has 0 bridgehead atoms. The molecule has 2 heterocycles. The van der Waals surface area contributed by atoms with E-state index in [0.717, 1.165) is 94.2 Å². The Labute approximate surface area is 794 Å². The van der Waals surface area contributed by atoms with Gasteiger partial charge in [0.1, 0.15) is 6.10 Å². The number of carbonyl (C=O) groups is 1. The van der Waals surface area contributed by atoms with Crippen molar-refractivity contribution in [3.63, 3.8) is 0 Å². The summed E-state index contributed by atoms with van der Waals surface area (Å²) in [6, 6.07) is 7.19. The maximum absolute atomic E-state index is 10.2. The van der Waals surface area contributed by atoms with Gasteiger partial charge in [0, 0.05) is 122 Å². The number of piperazine rings is 1. The van der Waals surface area contributed by atoms with E-state index in [1.54, 1.807) is 49.9 Å². The predicted octanol–water partition coefficient (Wildman–Crippen LogP) is -9.06. The van der Waals surface area contributed by atoms with Crippen LogP contribution in [0.5, 0.6) is 0 Å². The summed E-state index contributed by atoms with van der Waals surface area (Å²) < 4.78 is 29.4. The number of ether oxygens (including phenoxy) is 6. The molecule has 2 aliphatic heterocycles. The number of hydrogen-bond acceptors (Lipinski definition) is 46. The van der Waals surface area contributed by atoms with Crippen LogP contribution in [0.3, 0.4) is 0 Å². The van der Waals surface area contributed by atoms with Crippen molar-refractivity contribution in [2.24, 2.45) is 5.41 Å². The molecule has 0 saturated carbocycles. The first kappa shape index (κ1) is 152. The second-order valence-electron chi connectivity index (χ2n) is 27.7. The fourth-order valence-electron chi connectivity index (χ4n) is 9.15. The largest absolute Gasteiger partial charge is 0.481 e. The molecule has 2 saturated heterocycles. The van der Waals surface area contributed by atoms with Gasteiger partial charge in [-0.15, -0.1) is 23.2 Å². The minimum absolute atomic E-state index is 0.0278. The molecule has 0 radical (unpaired) electrons. The minimum Gasteiger partial charge on any atom is -0.481 e. The number of rotatable bonds is 64. The smallest absolute Gasteiger partial charge is 0.303 e. The van der Waals surface area contributed by atoms with Gasteiger partial charge in [-0.05, 0) is 64.0 Å². The van der Waals surface area contributed by atoms with Gasteiger partial charge in [-0.2, -0.15) is 0 Å². The van der Waals surface area contributed by atoms with Crippen LogP contribution >= 0.6 is 44.8 Å². The lowest BCUT2D eigenvalue weighted by atomic mass is 9.93. The normalized spacial score (nSPS) is 13.4.